The maximum absolute atomic E-state index is 6.29. The zero-order chi connectivity index (χ0) is 11.4. The molecule has 88 valence electrons. The second-order valence-corrected chi connectivity index (χ2v) is 5.32. The van der Waals surface area contributed by atoms with Crippen LogP contribution in [0.4, 0.5) is 0 Å². The van der Waals surface area contributed by atoms with E-state index in [1.165, 1.54) is 31.2 Å². The van der Waals surface area contributed by atoms with Crippen molar-refractivity contribution in [3.05, 3.63) is 35.9 Å². The third-order valence-corrected chi connectivity index (χ3v) is 4.44. The Balaban J connectivity index is 2.12. The molecule has 0 aromatic heterocycles. The largest absolute Gasteiger partial charge is 0.366 e. The summed E-state index contributed by atoms with van der Waals surface area (Å²) in [5.74, 6) is 0. The van der Waals surface area contributed by atoms with E-state index >= 15 is 0 Å². The minimum Gasteiger partial charge on any atom is -0.366 e. The van der Waals surface area contributed by atoms with Crippen molar-refractivity contribution in [1.82, 2.24) is 0 Å². The van der Waals surface area contributed by atoms with Crippen molar-refractivity contribution in [2.45, 2.75) is 44.3 Å². The van der Waals surface area contributed by atoms with Crippen molar-refractivity contribution in [2.75, 3.05) is 5.33 Å². The maximum atomic E-state index is 6.29. The summed E-state index contributed by atoms with van der Waals surface area (Å²) < 4.78 is 6.29. The summed E-state index contributed by atoms with van der Waals surface area (Å²) in [5.41, 5.74) is 1.08. The van der Waals surface area contributed by atoms with E-state index in [9.17, 15) is 0 Å². The summed E-state index contributed by atoms with van der Waals surface area (Å²) in [4.78, 5) is 0. The Kier molecular flexibility index (Phi) is 4.04. The van der Waals surface area contributed by atoms with Crippen LogP contribution < -0.4 is 0 Å². The van der Waals surface area contributed by atoms with Crippen LogP contribution in [0.15, 0.2) is 30.3 Å². The lowest BCUT2D eigenvalue weighted by Crippen LogP contribution is -2.32. The minimum absolute atomic E-state index is 0.184. The minimum atomic E-state index is -0.184. The zero-order valence-corrected chi connectivity index (χ0v) is 11.4. The standard InChI is InChI=1S/C14H19BrO/c1-14(11-15,12-7-3-2-4-8-12)16-13-9-5-6-10-13/h2-4,7-8,13H,5-6,9-11H2,1H3. The molecule has 0 bridgehead atoms. The molecule has 1 aliphatic carbocycles. The smallest absolute Gasteiger partial charge is 0.100 e. The number of hydrogen-bond acceptors (Lipinski definition) is 1. The van der Waals surface area contributed by atoms with Gasteiger partial charge in [-0.3, -0.25) is 0 Å². The molecular weight excluding hydrogens is 264 g/mol. The van der Waals surface area contributed by atoms with Crippen LogP contribution in [0.1, 0.15) is 38.2 Å². The number of ether oxygens (including phenoxy) is 1. The van der Waals surface area contributed by atoms with Gasteiger partial charge >= 0.3 is 0 Å². The van der Waals surface area contributed by atoms with Gasteiger partial charge in [-0.1, -0.05) is 59.1 Å². The highest BCUT2D eigenvalue weighted by Crippen LogP contribution is 2.33. The predicted molar refractivity (Wildman–Crippen MR) is 70.9 cm³/mol. The quantitative estimate of drug-likeness (QED) is 0.750. The zero-order valence-electron chi connectivity index (χ0n) is 9.79. The van der Waals surface area contributed by atoms with E-state index in [0.29, 0.717) is 6.10 Å². The summed E-state index contributed by atoms with van der Waals surface area (Å²) >= 11 is 3.59. The van der Waals surface area contributed by atoms with Crippen molar-refractivity contribution >= 4 is 15.9 Å². The first kappa shape index (κ1) is 12.1. The summed E-state index contributed by atoms with van der Waals surface area (Å²) in [6.45, 7) is 2.18. The molecule has 1 nitrogen and oxygen atoms in total. The number of rotatable bonds is 4. The van der Waals surface area contributed by atoms with Crippen LogP contribution in [0.2, 0.25) is 0 Å². The van der Waals surface area contributed by atoms with Crippen molar-refractivity contribution in [2.24, 2.45) is 0 Å². The number of alkyl halides is 1. The molecule has 1 saturated carbocycles. The lowest BCUT2D eigenvalue weighted by molar-refractivity contribution is -0.0685. The monoisotopic (exact) mass is 282 g/mol. The summed E-state index contributed by atoms with van der Waals surface area (Å²) in [5, 5.41) is 0.848. The van der Waals surface area contributed by atoms with Crippen LogP contribution >= 0.6 is 15.9 Å². The van der Waals surface area contributed by atoms with Gasteiger partial charge in [0.1, 0.15) is 5.60 Å². The second-order valence-electron chi connectivity index (χ2n) is 4.75. The number of hydrogen-bond donors (Lipinski definition) is 0. The second kappa shape index (κ2) is 5.33. The van der Waals surface area contributed by atoms with Crippen molar-refractivity contribution in [3.63, 3.8) is 0 Å². The first-order valence-corrected chi connectivity index (χ1v) is 7.16. The van der Waals surface area contributed by atoms with E-state index in [-0.39, 0.29) is 5.60 Å². The number of benzene rings is 1. The van der Waals surface area contributed by atoms with Crippen LogP contribution in [0, 0.1) is 0 Å². The highest BCUT2D eigenvalue weighted by atomic mass is 79.9. The molecule has 1 aliphatic rings. The van der Waals surface area contributed by atoms with Gasteiger partial charge in [0.2, 0.25) is 0 Å². The van der Waals surface area contributed by atoms with Crippen molar-refractivity contribution in [3.8, 4) is 0 Å². The molecule has 0 amide bonds. The van der Waals surface area contributed by atoms with Gasteiger partial charge in [0.15, 0.2) is 0 Å². The molecule has 0 heterocycles. The fraction of sp³-hybridized carbons (Fsp3) is 0.571. The molecular formula is C14H19BrO. The molecule has 16 heavy (non-hydrogen) atoms. The topological polar surface area (TPSA) is 9.23 Å². The molecule has 1 atom stereocenters. The molecule has 0 saturated heterocycles. The van der Waals surface area contributed by atoms with Gasteiger partial charge in [-0.15, -0.1) is 0 Å². The average Bonchev–Trinajstić information content (AvgIpc) is 2.83. The SMILES string of the molecule is CC(CBr)(OC1CCCC1)c1ccccc1. The fourth-order valence-corrected chi connectivity index (χ4v) is 2.80. The van der Waals surface area contributed by atoms with Gasteiger partial charge in [0.25, 0.3) is 0 Å². The first-order valence-electron chi connectivity index (χ1n) is 6.04. The van der Waals surface area contributed by atoms with Crippen molar-refractivity contribution < 1.29 is 4.74 Å². The van der Waals surface area contributed by atoms with Crippen LogP contribution in [-0.4, -0.2) is 11.4 Å². The van der Waals surface area contributed by atoms with E-state index < -0.39 is 0 Å². The van der Waals surface area contributed by atoms with E-state index in [2.05, 4.69) is 47.1 Å². The molecule has 2 heteroatoms. The maximum Gasteiger partial charge on any atom is 0.100 e. The Labute approximate surface area is 106 Å². The summed E-state index contributed by atoms with van der Waals surface area (Å²) in [7, 11) is 0. The van der Waals surface area contributed by atoms with Gasteiger partial charge in [0.05, 0.1) is 6.10 Å². The lowest BCUT2D eigenvalue weighted by atomic mass is 9.97. The fourth-order valence-electron chi connectivity index (χ4n) is 2.34. The van der Waals surface area contributed by atoms with Gasteiger partial charge in [0, 0.05) is 5.33 Å². The first-order chi connectivity index (χ1) is 7.74. The van der Waals surface area contributed by atoms with Crippen LogP contribution in [0.5, 0.6) is 0 Å². The van der Waals surface area contributed by atoms with E-state index in [0.717, 1.165) is 5.33 Å². The van der Waals surface area contributed by atoms with Gasteiger partial charge in [-0.25, -0.2) is 0 Å². The Hall–Kier alpha value is -0.340. The van der Waals surface area contributed by atoms with E-state index in [1.54, 1.807) is 0 Å². The van der Waals surface area contributed by atoms with Crippen LogP contribution in [-0.2, 0) is 10.3 Å². The molecule has 2 rings (SSSR count). The van der Waals surface area contributed by atoms with E-state index in [4.69, 9.17) is 4.74 Å². The molecule has 1 aromatic carbocycles. The molecule has 0 aliphatic heterocycles. The lowest BCUT2D eigenvalue weighted by Gasteiger charge is -2.31. The molecule has 0 N–H and O–H groups in total. The summed E-state index contributed by atoms with van der Waals surface area (Å²) in [6.07, 6.45) is 5.52. The van der Waals surface area contributed by atoms with Crippen molar-refractivity contribution in [1.29, 1.82) is 0 Å². The Bertz CT molecular complexity index is 319. The molecule has 0 radical (unpaired) electrons. The van der Waals surface area contributed by atoms with Gasteiger partial charge in [-0.2, -0.15) is 0 Å². The predicted octanol–water partition coefficient (Wildman–Crippen LogP) is 4.26. The highest BCUT2D eigenvalue weighted by Gasteiger charge is 2.30. The normalized spacial score (nSPS) is 20.9. The molecule has 1 fully saturated rings. The van der Waals surface area contributed by atoms with Crippen LogP contribution in [0.3, 0.4) is 0 Å². The molecule has 1 unspecified atom stereocenters. The van der Waals surface area contributed by atoms with Gasteiger partial charge in [-0.05, 0) is 25.3 Å². The molecule has 0 spiro atoms. The molecule has 1 aromatic rings. The van der Waals surface area contributed by atoms with E-state index in [1.807, 2.05) is 6.07 Å². The summed E-state index contributed by atoms with van der Waals surface area (Å²) in [6, 6.07) is 10.5. The average molecular weight is 283 g/mol. The Morgan fingerprint density at radius 1 is 1.25 bits per heavy atom. The highest BCUT2D eigenvalue weighted by molar-refractivity contribution is 9.09. The Morgan fingerprint density at radius 3 is 2.44 bits per heavy atom. The Morgan fingerprint density at radius 2 is 1.88 bits per heavy atom. The van der Waals surface area contributed by atoms with Crippen LogP contribution in [0.25, 0.3) is 0 Å². The number of halogens is 1. The third kappa shape index (κ3) is 2.67. The van der Waals surface area contributed by atoms with Gasteiger partial charge < -0.3 is 4.74 Å². The third-order valence-electron chi connectivity index (χ3n) is 3.37.